The van der Waals surface area contributed by atoms with Crippen molar-refractivity contribution in [3.63, 3.8) is 0 Å². The summed E-state index contributed by atoms with van der Waals surface area (Å²) in [6.07, 6.45) is 5.13. The smallest absolute Gasteiger partial charge is 0.277 e. The zero-order chi connectivity index (χ0) is 27.4. The normalized spacial score (nSPS) is 12.6. The first kappa shape index (κ1) is 27.3. The highest BCUT2D eigenvalue weighted by Gasteiger charge is 2.31. The average Bonchev–Trinajstić information content (AvgIpc) is 2.90. The second-order valence-corrected chi connectivity index (χ2v) is 11.7. The number of sulfone groups is 1. The number of pyridine rings is 1. The molecule has 0 radical (unpaired) electrons. The zero-order valence-electron chi connectivity index (χ0n) is 22.1. The summed E-state index contributed by atoms with van der Waals surface area (Å²) in [5.74, 6) is -0.0495. The van der Waals surface area contributed by atoms with Crippen LogP contribution in [-0.4, -0.2) is 28.1 Å². The lowest BCUT2D eigenvalue weighted by molar-refractivity contribution is 0.403. The summed E-state index contributed by atoms with van der Waals surface area (Å²) in [5.41, 5.74) is 2.81. The van der Waals surface area contributed by atoms with Gasteiger partial charge in [-0.1, -0.05) is 63.2 Å². The summed E-state index contributed by atoms with van der Waals surface area (Å²) in [5, 5.41) is 10.8. The lowest BCUT2D eigenvalue weighted by Crippen LogP contribution is -2.33. The van der Waals surface area contributed by atoms with Crippen LogP contribution in [0.25, 0.3) is 11.1 Å². The lowest BCUT2D eigenvalue weighted by atomic mass is 10.0. The molecule has 0 aliphatic rings. The van der Waals surface area contributed by atoms with E-state index in [4.69, 9.17) is 0 Å². The molecule has 1 N–H and O–H groups in total. The third kappa shape index (κ3) is 5.41. The van der Waals surface area contributed by atoms with Gasteiger partial charge >= 0.3 is 0 Å². The number of rotatable bonds is 9. The van der Waals surface area contributed by atoms with Gasteiger partial charge < -0.3 is 5.11 Å². The maximum absolute atomic E-state index is 14.0. The third-order valence-electron chi connectivity index (χ3n) is 6.72. The van der Waals surface area contributed by atoms with Gasteiger partial charge in [-0.15, -0.1) is 0 Å². The largest absolute Gasteiger partial charge is 0.492 e. The molecule has 0 unspecified atom stereocenters. The van der Waals surface area contributed by atoms with Crippen LogP contribution in [0.1, 0.15) is 56.6 Å². The van der Waals surface area contributed by atoms with Gasteiger partial charge in [-0.3, -0.25) is 14.3 Å². The molecule has 8 heteroatoms. The van der Waals surface area contributed by atoms with Crippen molar-refractivity contribution in [2.75, 3.05) is 0 Å². The van der Waals surface area contributed by atoms with Crippen molar-refractivity contribution in [1.82, 2.24) is 14.5 Å². The fourth-order valence-electron chi connectivity index (χ4n) is 4.67. The Morgan fingerprint density at radius 2 is 1.68 bits per heavy atom. The number of benzene rings is 2. The first-order chi connectivity index (χ1) is 18.1. The molecule has 2 aromatic heterocycles. The lowest BCUT2D eigenvalue weighted by Gasteiger charge is -2.23. The van der Waals surface area contributed by atoms with Crippen LogP contribution >= 0.6 is 0 Å². The van der Waals surface area contributed by atoms with E-state index < -0.39 is 32.2 Å². The summed E-state index contributed by atoms with van der Waals surface area (Å²) in [6, 6.07) is 17.2. The molecule has 4 aromatic rings. The minimum Gasteiger partial charge on any atom is -0.492 e. The molecule has 0 amide bonds. The van der Waals surface area contributed by atoms with E-state index in [0.29, 0.717) is 24.6 Å². The molecule has 0 fully saturated rings. The quantitative estimate of drug-likeness (QED) is 0.295. The minimum absolute atomic E-state index is 0.0867. The van der Waals surface area contributed by atoms with Crippen molar-refractivity contribution in [3.8, 4) is 17.0 Å². The topological polar surface area (TPSA) is 102 Å². The Morgan fingerprint density at radius 1 is 1.00 bits per heavy atom. The highest BCUT2D eigenvalue weighted by Crippen LogP contribution is 2.30. The first-order valence-corrected chi connectivity index (χ1v) is 14.3. The second kappa shape index (κ2) is 11.3. The van der Waals surface area contributed by atoms with Crippen LogP contribution in [0.3, 0.4) is 0 Å². The van der Waals surface area contributed by atoms with Crippen LogP contribution in [0.5, 0.6) is 5.88 Å². The predicted molar refractivity (Wildman–Crippen MR) is 148 cm³/mol. The van der Waals surface area contributed by atoms with Crippen molar-refractivity contribution in [1.29, 1.82) is 0 Å². The molecule has 0 aliphatic carbocycles. The van der Waals surface area contributed by atoms with E-state index in [-0.39, 0.29) is 4.90 Å². The molecule has 38 heavy (non-hydrogen) atoms. The van der Waals surface area contributed by atoms with E-state index in [1.807, 2.05) is 50.2 Å². The molecule has 0 saturated heterocycles. The highest BCUT2D eigenvalue weighted by molar-refractivity contribution is 7.91. The summed E-state index contributed by atoms with van der Waals surface area (Å²) >= 11 is 0. The van der Waals surface area contributed by atoms with Crippen molar-refractivity contribution < 1.29 is 13.5 Å². The minimum atomic E-state index is -4.36. The molecular weight excluding hydrogens is 498 g/mol. The average molecular weight is 532 g/mol. The number of aromatic hydroxyl groups is 1. The number of aryl methyl sites for hydroxylation is 2. The Hall–Kier alpha value is -3.78. The maximum Gasteiger partial charge on any atom is 0.277 e. The fraction of sp³-hybridized carbons (Fsp3) is 0.300. The Morgan fingerprint density at radius 3 is 2.29 bits per heavy atom. The SMILES string of the molecule is CC[C@@H](c1ccccc1)n1c(CCC(C)C)nc(O)c(S(=O)(=O)c2ccc(-c3ccncc3C)cc2)c1=O. The number of hydrogen-bond donors (Lipinski definition) is 1. The van der Waals surface area contributed by atoms with Crippen LogP contribution in [-0.2, 0) is 16.3 Å². The van der Waals surface area contributed by atoms with Gasteiger partial charge in [0.2, 0.25) is 15.7 Å². The summed E-state index contributed by atoms with van der Waals surface area (Å²) in [4.78, 5) is 21.6. The third-order valence-corrected chi connectivity index (χ3v) is 8.51. The molecule has 0 spiro atoms. The van der Waals surface area contributed by atoms with Gasteiger partial charge in [0.05, 0.1) is 10.9 Å². The predicted octanol–water partition coefficient (Wildman–Crippen LogP) is 5.74. The zero-order valence-corrected chi connectivity index (χ0v) is 22.9. The fourth-order valence-corrected chi connectivity index (χ4v) is 6.02. The molecule has 4 rings (SSSR count). The van der Waals surface area contributed by atoms with E-state index in [9.17, 15) is 18.3 Å². The van der Waals surface area contributed by atoms with Gasteiger partial charge in [0.25, 0.3) is 5.56 Å². The van der Waals surface area contributed by atoms with Crippen LogP contribution in [0.15, 0.2) is 87.6 Å². The van der Waals surface area contributed by atoms with E-state index in [1.54, 1.807) is 24.5 Å². The summed E-state index contributed by atoms with van der Waals surface area (Å²) in [7, 11) is -4.36. The Balaban J connectivity index is 1.86. The van der Waals surface area contributed by atoms with Gasteiger partial charge in [0, 0.05) is 18.8 Å². The monoisotopic (exact) mass is 531 g/mol. The highest BCUT2D eigenvalue weighted by atomic mass is 32.2. The Kier molecular flexibility index (Phi) is 8.11. The second-order valence-electron chi connectivity index (χ2n) is 9.84. The van der Waals surface area contributed by atoms with Gasteiger partial charge in [0.1, 0.15) is 5.82 Å². The molecule has 0 saturated carbocycles. The van der Waals surface area contributed by atoms with Crippen LogP contribution in [0.2, 0.25) is 0 Å². The van der Waals surface area contributed by atoms with E-state index in [1.165, 1.54) is 16.7 Å². The number of hydrogen-bond acceptors (Lipinski definition) is 6. The van der Waals surface area contributed by atoms with Crippen molar-refractivity contribution in [3.05, 3.63) is 100 Å². The van der Waals surface area contributed by atoms with Crippen LogP contribution in [0, 0.1) is 12.8 Å². The Labute approximate surface area is 223 Å². The van der Waals surface area contributed by atoms with Gasteiger partial charge in [0.15, 0.2) is 4.90 Å². The van der Waals surface area contributed by atoms with Gasteiger partial charge in [-0.25, -0.2) is 8.42 Å². The molecule has 2 aromatic carbocycles. The van der Waals surface area contributed by atoms with Crippen molar-refractivity contribution >= 4 is 9.84 Å². The van der Waals surface area contributed by atoms with Crippen LogP contribution < -0.4 is 5.56 Å². The van der Waals surface area contributed by atoms with Crippen molar-refractivity contribution in [2.45, 2.75) is 62.8 Å². The van der Waals surface area contributed by atoms with Crippen molar-refractivity contribution in [2.24, 2.45) is 5.92 Å². The molecule has 0 aliphatic heterocycles. The number of nitrogens with zero attached hydrogens (tertiary/aromatic N) is 3. The van der Waals surface area contributed by atoms with E-state index >= 15 is 0 Å². The van der Waals surface area contributed by atoms with E-state index in [2.05, 4.69) is 23.8 Å². The summed E-state index contributed by atoms with van der Waals surface area (Å²) < 4.78 is 28.9. The van der Waals surface area contributed by atoms with Gasteiger partial charge in [-0.05, 0) is 66.1 Å². The van der Waals surface area contributed by atoms with Crippen LogP contribution in [0.4, 0.5) is 0 Å². The standard InChI is InChI=1S/C30H33N3O4S/c1-5-26(23-9-7-6-8-10-23)33-27(16-11-20(2)3)32-29(34)28(30(33)35)38(36,37)24-14-12-22(13-15-24)25-17-18-31-19-21(25)4/h6-10,12-15,17-20,26,34H,5,11,16H2,1-4H3/t26-/m0/s1. The molecule has 7 nitrogen and oxygen atoms in total. The molecular formula is C30H33N3O4S. The molecule has 198 valence electrons. The number of aromatic nitrogens is 3. The molecule has 2 heterocycles. The van der Waals surface area contributed by atoms with Gasteiger partial charge in [-0.2, -0.15) is 4.98 Å². The maximum atomic E-state index is 14.0. The molecule has 0 bridgehead atoms. The Bertz CT molecular complexity index is 1580. The van der Waals surface area contributed by atoms with E-state index in [0.717, 1.165) is 28.7 Å². The molecule has 1 atom stereocenters. The summed E-state index contributed by atoms with van der Waals surface area (Å²) in [6.45, 7) is 7.99. The first-order valence-electron chi connectivity index (χ1n) is 12.8.